The van der Waals surface area contributed by atoms with Crippen LogP contribution in [0.2, 0.25) is 0 Å². The van der Waals surface area contributed by atoms with E-state index in [4.69, 9.17) is 9.47 Å². The van der Waals surface area contributed by atoms with Gasteiger partial charge in [-0.05, 0) is 24.4 Å². The molecular formula is C11H13N5O2. The molecule has 1 aromatic carbocycles. The SMILES string of the molecule is CNCc1nnn(-c2ccc3c(c2)OCCO3)n1. The lowest BCUT2D eigenvalue weighted by atomic mass is 10.2. The summed E-state index contributed by atoms with van der Waals surface area (Å²) in [7, 11) is 1.84. The minimum Gasteiger partial charge on any atom is -0.486 e. The number of fused-ring (bicyclic) bond motifs is 1. The summed E-state index contributed by atoms with van der Waals surface area (Å²) in [5.74, 6) is 2.11. The molecule has 1 N–H and O–H groups in total. The first kappa shape index (κ1) is 11.0. The number of ether oxygens (including phenoxy) is 2. The molecule has 0 saturated heterocycles. The van der Waals surface area contributed by atoms with Crippen LogP contribution in [0, 0.1) is 0 Å². The Bertz CT molecular complexity index is 554. The maximum atomic E-state index is 5.51. The molecule has 0 fully saturated rings. The summed E-state index contributed by atoms with van der Waals surface area (Å²) in [6, 6.07) is 5.57. The van der Waals surface area contributed by atoms with E-state index in [9.17, 15) is 0 Å². The molecule has 0 atom stereocenters. The van der Waals surface area contributed by atoms with Crippen LogP contribution >= 0.6 is 0 Å². The first-order valence-corrected chi connectivity index (χ1v) is 5.70. The van der Waals surface area contributed by atoms with E-state index in [2.05, 4.69) is 20.7 Å². The van der Waals surface area contributed by atoms with E-state index >= 15 is 0 Å². The number of nitrogens with zero attached hydrogens (tertiary/aromatic N) is 4. The average molecular weight is 247 g/mol. The lowest BCUT2D eigenvalue weighted by molar-refractivity contribution is 0.171. The monoisotopic (exact) mass is 247 g/mol. The third-order valence-corrected chi connectivity index (χ3v) is 2.55. The van der Waals surface area contributed by atoms with Gasteiger partial charge in [-0.15, -0.1) is 15.0 Å². The maximum Gasteiger partial charge on any atom is 0.188 e. The Kier molecular flexibility index (Phi) is 2.81. The summed E-state index contributed by atoms with van der Waals surface area (Å²) in [5, 5.41) is 15.2. The highest BCUT2D eigenvalue weighted by Gasteiger charge is 2.13. The van der Waals surface area contributed by atoms with Gasteiger partial charge in [0.2, 0.25) is 0 Å². The standard InChI is InChI=1S/C11H13N5O2/c1-12-7-11-13-15-16(14-11)8-2-3-9-10(6-8)18-5-4-17-9/h2-3,6,12H,4-5,7H2,1H3. The number of hydrogen-bond acceptors (Lipinski definition) is 6. The Hall–Kier alpha value is -2.15. The highest BCUT2D eigenvalue weighted by atomic mass is 16.6. The molecule has 1 aliphatic rings. The zero-order valence-corrected chi connectivity index (χ0v) is 9.96. The summed E-state index contributed by atoms with van der Waals surface area (Å²) >= 11 is 0. The minimum absolute atomic E-state index is 0.562. The molecule has 7 heteroatoms. The smallest absolute Gasteiger partial charge is 0.188 e. The molecule has 0 unspecified atom stereocenters. The quantitative estimate of drug-likeness (QED) is 0.832. The van der Waals surface area contributed by atoms with Crippen LogP contribution in [-0.4, -0.2) is 40.5 Å². The Labute approximate surface area is 104 Å². The molecule has 18 heavy (non-hydrogen) atoms. The molecule has 0 spiro atoms. The van der Waals surface area contributed by atoms with Crippen molar-refractivity contribution in [2.75, 3.05) is 20.3 Å². The molecule has 1 aliphatic heterocycles. The Morgan fingerprint density at radius 1 is 1.28 bits per heavy atom. The maximum absolute atomic E-state index is 5.51. The van der Waals surface area contributed by atoms with Crippen molar-refractivity contribution in [2.24, 2.45) is 0 Å². The molecule has 0 aliphatic carbocycles. The molecule has 0 radical (unpaired) electrons. The fourth-order valence-corrected chi connectivity index (χ4v) is 1.74. The van der Waals surface area contributed by atoms with Crippen molar-refractivity contribution < 1.29 is 9.47 Å². The van der Waals surface area contributed by atoms with Gasteiger partial charge in [-0.2, -0.15) is 0 Å². The zero-order chi connectivity index (χ0) is 12.4. The molecule has 0 saturated carbocycles. The van der Waals surface area contributed by atoms with Gasteiger partial charge in [0, 0.05) is 6.07 Å². The predicted octanol–water partition coefficient (Wildman–Crippen LogP) is 0.153. The van der Waals surface area contributed by atoms with Crippen molar-refractivity contribution >= 4 is 0 Å². The van der Waals surface area contributed by atoms with Gasteiger partial charge in [-0.1, -0.05) is 0 Å². The molecule has 94 valence electrons. The van der Waals surface area contributed by atoms with Crippen molar-refractivity contribution in [2.45, 2.75) is 6.54 Å². The molecule has 0 amide bonds. The van der Waals surface area contributed by atoms with E-state index < -0.39 is 0 Å². The first-order chi connectivity index (χ1) is 8.86. The lowest BCUT2D eigenvalue weighted by Gasteiger charge is -2.18. The summed E-state index contributed by atoms with van der Waals surface area (Å²) in [6.07, 6.45) is 0. The van der Waals surface area contributed by atoms with E-state index in [1.165, 1.54) is 4.80 Å². The van der Waals surface area contributed by atoms with Crippen LogP contribution in [0.25, 0.3) is 5.69 Å². The number of benzene rings is 1. The van der Waals surface area contributed by atoms with E-state index in [0.717, 1.165) is 11.4 Å². The van der Waals surface area contributed by atoms with E-state index in [0.29, 0.717) is 31.3 Å². The van der Waals surface area contributed by atoms with E-state index in [-0.39, 0.29) is 0 Å². The average Bonchev–Trinajstić information content (AvgIpc) is 2.87. The number of rotatable bonds is 3. The van der Waals surface area contributed by atoms with Gasteiger partial charge in [-0.25, -0.2) is 0 Å². The van der Waals surface area contributed by atoms with Crippen LogP contribution in [0.5, 0.6) is 11.5 Å². The Morgan fingerprint density at radius 3 is 2.94 bits per heavy atom. The second-order valence-corrected chi connectivity index (χ2v) is 3.85. The second-order valence-electron chi connectivity index (χ2n) is 3.85. The number of nitrogens with one attached hydrogen (secondary N) is 1. The Balaban J connectivity index is 1.91. The van der Waals surface area contributed by atoms with Crippen LogP contribution in [0.15, 0.2) is 18.2 Å². The summed E-state index contributed by atoms with van der Waals surface area (Å²) in [4.78, 5) is 1.48. The van der Waals surface area contributed by atoms with Crippen molar-refractivity contribution in [3.05, 3.63) is 24.0 Å². The first-order valence-electron chi connectivity index (χ1n) is 5.70. The normalized spacial score (nSPS) is 13.6. The van der Waals surface area contributed by atoms with Crippen LogP contribution in [-0.2, 0) is 6.54 Å². The van der Waals surface area contributed by atoms with Crippen molar-refractivity contribution in [1.29, 1.82) is 0 Å². The second kappa shape index (κ2) is 4.61. The van der Waals surface area contributed by atoms with Gasteiger partial charge in [-0.3, -0.25) is 0 Å². The third kappa shape index (κ3) is 2.00. The fourth-order valence-electron chi connectivity index (χ4n) is 1.74. The molecule has 2 heterocycles. The van der Waals surface area contributed by atoms with E-state index in [1.807, 2.05) is 25.2 Å². The molecule has 3 rings (SSSR count). The third-order valence-electron chi connectivity index (χ3n) is 2.55. The fraction of sp³-hybridized carbons (Fsp3) is 0.364. The summed E-state index contributed by atoms with van der Waals surface area (Å²) in [6.45, 7) is 1.73. The molecule has 7 nitrogen and oxygen atoms in total. The summed E-state index contributed by atoms with van der Waals surface area (Å²) in [5.41, 5.74) is 0.800. The molecule has 0 bridgehead atoms. The minimum atomic E-state index is 0.562. The van der Waals surface area contributed by atoms with Crippen molar-refractivity contribution in [3.8, 4) is 17.2 Å². The van der Waals surface area contributed by atoms with Crippen molar-refractivity contribution in [3.63, 3.8) is 0 Å². The lowest BCUT2D eigenvalue weighted by Crippen LogP contribution is -2.15. The summed E-state index contributed by atoms with van der Waals surface area (Å²) < 4.78 is 11.0. The zero-order valence-electron chi connectivity index (χ0n) is 9.96. The number of tetrazole rings is 1. The molecule has 1 aromatic heterocycles. The topological polar surface area (TPSA) is 74.1 Å². The van der Waals surface area contributed by atoms with Crippen LogP contribution in [0.3, 0.4) is 0 Å². The van der Waals surface area contributed by atoms with E-state index in [1.54, 1.807) is 0 Å². The van der Waals surface area contributed by atoms with Gasteiger partial charge in [0.1, 0.15) is 13.2 Å². The highest BCUT2D eigenvalue weighted by molar-refractivity contribution is 5.48. The molecular weight excluding hydrogens is 234 g/mol. The number of hydrogen-bond donors (Lipinski definition) is 1. The van der Waals surface area contributed by atoms with Gasteiger partial charge in [0.15, 0.2) is 17.3 Å². The van der Waals surface area contributed by atoms with Gasteiger partial charge < -0.3 is 14.8 Å². The number of aromatic nitrogens is 4. The Morgan fingerprint density at radius 2 is 2.11 bits per heavy atom. The largest absolute Gasteiger partial charge is 0.486 e. The van der Waals surface area contributed by atoms with Crippen LogP contribution in [0.1, 0.15) is 5.82 Å². The highest BCUT2D eigenvalue weighted by Crippen LogP contribution is 2.31. The van der Waals surface area contributed by atoms with Gasteiger partial charge in [0.05, 0.1) is 12.2 Å². The van der Waals surface area contributed by atoms with Crippen molar-refractivity contribution in [1.82, 2.24) is 25.5 Å². The van der Waals surface area contributed by atoms with Crippen LogP contribution < -0.4 is 14.8 Å². The van der Waals surface area contributed by atoms with Gasteiger partial charge in [0.25, 0.3) is 0 Å². The molecule has 2 aromatic rings. The predicted molar refractivity (Wildman–Crippen MR) is 62.9 cm³/mol. The van der Waals surface area contributed by atoms with Crippen LogP contribution in [0.4, 0.5) is 0 Å². The van der Waals surface area contributed by atoms with Gasteiger partial charge >= 0.3 is 0 Å².